The minimum atomic E-state index is -3.82. The van der Waals surface area contributed by atoms with Crippen LogP contribution in [0.5, 0.6) is 0 Å². The van der Waals surface area contributed by atoms with E-state index in [1.54, 1.807) is 30.3 Å². The van der Waals surface area contributed by atoms with Crippen LogP contribution in [0.15, 0.2) is 59.5 Å². The lowest BCUT2D eigenvalue weighted by Gasteiger charge is -2.10. The van der Waals surface area contributed by atoms with Crippen LogP contribution in [0, 0.1) is 0 Å². The molecule has 23 heavy (non-hydrogen) atoms. The van der Waals surface area contributed by atoms with Crippen LogP contribution in [0.25, 0.3) is 6.08 Å². The Morgan fingerprint density at radius 2 is 1.87 bits per heavy atom. The SMILES string of the molecule is O=C(C=Cc1cccc(S(=O)(=O)Nc2ccccc2Cl)c1)NO. The van der Waals surface area contributed by atoms with Gasteiger partial charge in [-0.15, -0.1) is 0 Å². The van der Waals surface area contributed by atoms with Crippen LogP contribution >= 0.6 is 11.6 Å². The molecule has 0 fully saturated rings. The molecule has 3 N–H and O–H groups in total. The lowest BCUT2D eigenvalue weighted by Crippen LogP contribution is -2.15. The number of sulfonamides is 1. The maximum Gasteiger partial charge on any atom is 0.267 e. The number of benzene rings is 2. The molecule has 0 saturated heterocycles. The van der Waals surface area contributed by atoms with E-state index in [-0.39, 0.29) is 15.6 Å². The summed E-state index contributed by atoms with van der Waals surface area (Å²) in [6, 6.07) is 12.5. The summed E-state index contributed by atoms with van der Waals surface area (Å²) in [5, 5.41) is 8.70. The highest BCUT2D eigenvalue weighted by atomic mass is 35.5. The van der Waals surface area contributed by atoms with E-state index >= 15 is 0 Å². The summed E-state index contributed by atoms with van der Waals surface area (Å²) < 4.78 is 27.2. The van der Waals surface area contributed by atoms with Crippen molar-refractivity contribution in [2.24, 2.45) is 0 Å². The molecule has 2 aromatic rings. The van der Waals surface area contributed by atoms with Gasteiger partial charge in [-0.25, -0.2) is 13.9 Å². The molecule has 0 radical (unpaired) electrons. The van der Waals surface area contributed by atoms with E-state index in [4.69, 9.17) is 16.8 Å². The second kappa shape index (κ2) is 7.28. The Bertz CT molecular complexity index is 850. The van der Waals surface area contributed by atoms with Crippen molar-refractivity contribution in [1.29, 1.82) is 0 Å². The Hall–Kier alpha value is -2.35. The fraction of sp³-hybridized carbons (Fsp3) is 0. The number of carbonyl (C=O) groups is 1. The first-order chi connectivity index (χ1) is 10.9. The molecule has 1 amide bonds. The van der Waals surface area contributed by atoms with Gasteiger partial charge in [0.25, 0.3) is 15.9 Å². The van der Waals surface area contributed by atoms with Crippen molar-refractivity contribution in [3.8, 4) is 0 Å². The van der Waals surface area contributed by atoms with Crippen LogP contribution in [0.2, 0.25) is 5.02 Å². The van der Waals surface area contributed by atoms with Gasteiger partial charge in [-0.3, -0.25) is 14.7 Å². The van der Waals surface area contributed by atoms with E-state index in [2.05, 4.69) is 4.72 Å². The van der Waals surface area contributed by atoms with Crippen molar-refractivity contribution in [3.05, 3.63) is 65.2 Å². The number of hydrogen-bond donors (Lipinski definition) is 3. The predicted octanol–water partition coefficient (Wildman–Crippen LogP) is 2.66. The van der Waals surface area contributed by atoms with Crippen molar-refractivity contribution in [3.63, 3.8) is 0 Å². The minimum absolute atomic E-state index is 0.0176. The molecule has 8 heteroatoms. The summed E-state index contributed by atoms with van der Waals surface area (Å²) in [4.78, 5) is 11.0. The molecule has 0 unspecified atom stereocenters. The minimum Gasteiger partial charge on any atom is -0.288 e. The summed E-state index contributed by atoms with van der Waals surface area (Å²) in [5.41, 5.74) is 2.20. The molecule has 0 atom stereocenters. The van der Waals surface area contributed by atoms with Crippen molar-refractivity contribution in [2.75, 3.05) is 4.72 Å². The fourth-order valence-corrected chi connectivity index (χ4v) is 3.12. The largest absolute Gasteiger partial charge is 0.288 e. The maximum absolute atomic E-state index is 12.4. The van der Waals surface area contributed by atoms with Gasteiger partial charge in [0.2, 0.25) is 0 Å². The summed E-state index contributed by atoms with van der Waals surface area (Å²) >= 11 is 5.94. The molecule has 2 rings (SSSR count). The summed E-state index contributed by atoms with van der Waals surface area (Å²) in [7, 11) is -3.82. The van der Waals surface area contributed by atoms with Crippen LogP contribution < -0.4 is 10.2 Å². The van der Waals surface area contributed by atoms with Crippen molar-refractivity contribution in [1.82, 2.24) is 5.48 Å². The monoisotopic (exact) mass is 352 g/mol. The molecule has 0 heterocycles. The zero-order valence-corrected chi connectivity index (χ0v) is 13.3. The van der Waals surface area contributed by atoms with Gasteiger partial charge in [0.15, 0.2) is 0 Å². The number of hydroxylamine groups is 1. The first kappa shape index (κ1) is 17.0. The third kappa shape index (κ3) is 4.56. The Balaban J connectivity index is 2.28. The van der Waals surface area contributed by atoms with Gasteiger partial charge < -0.3 is 0 Å². The Labute approximate surface area is 138 Å². The van der Waals surface area contributed by atoms with E-state index in [0.717, 1.165) is 6.08 Å². The van der Waals surface area contributed by atoms with Gasteiger partial charge in [0, 0.05) is 6.08 Å². The molecule has 0 spiro atoms. The smallest absolute Gasteiger partial charge is 0.267 e. The molecule has 0 bridgehead atoms. The number of halogens is 1. The number of anilines is 1. The second-order valence-corrected chi connectivity index (χ2v) is 6.56. The number of nitrogens with one attached hydrogen (secondary N) is 2. The number of amides is 1. The van der Waals surface area contributed by atoms with Crippen molar-refractivity contribution >= 4 is 39.3 Å². The summed E-state index contributed by atoms with van der Waals surface area (Å²) in [6.45, 7) is 0. The fourth-order valence-electron chi connectivity index (χ4n) is 1.74. The average Bonchev–Trinajstić information content (AvgIpc) is 2.55. The normalized spacial score (nSPS) is 11.4. The molecule has 2 aromatic carbocycles. The van der Waals surface area contributed by atoms with Crippen LogP contribution in [-0.2, 0) is 14.8 Å². The zero-order chi connectivity index (χ0) is 16.9. The molecule has 120 valence electrons. The van der Waals surface area contributed by atoms with E-state index in [0.29, 0.717) is 5.56 Å². The highest BCUT2D eigenvalue weighted by Crippen LogP contribution is 2.24. The van der Waals surface area contributed by atoms with E-state index < -0.39 is 15.9 Å². The molecule has 6 nitrogen and oxygen atoms in total. The topological polar surface area (TPSA) is 95.5 Å². The first-order valence-corrected chi connectivity index (χ1v) is 8.28. The quantitative estimate of drug-likeness (QED) is 0.438. The highest BCUT2D eigenvalue weighted by molar-refractivity contribution is 7.92. The molecule has 0 aromatic heterocycles. The highest BCUT2D eigenvalue weighted by Gasteiger charge is 2.15. The average molecular weight is 353 g/mol. The van der Waals surface area contributed by atoms with E-state index in [9.17, 15) is 13.2 Å². The van der Waals surface area contributed by atoms with Gasteiger partial charge in [0.1, 0.15) is 0 Å². The third-order valence-corrected chi connectivity index (χ3v) is 4.52. The summed E-state index contributed by atoms with van der Waals surface area (Å²) in [6.07, 6.45) is 2.45. The number of para-hydroxylation sites is 1. The van der Waals surface area contributed by atoms with Crippen LogP contribution in [0.1, 0.15) is 5.56 Å². The van der Waals surface area contributed by atoms with Gasteiger partial charge >= 0.3 is 0 Å². The predicted molar refractivity (Wildman–Crippen MR) is 87.7 cm³/mol. The van der Waals surface area contributed by atoms with Crippen molar-refractivity contribution in [2.45, 2.75) is 4.90 Å². The molecule has 0 aliphatic rings. The molecule has 0 saturated carbocycles. The van der Waals surface area contributed by atoms with Gasteiger partial charge in [-0.2, -0.15) is 0 Å². The molecule has 0 aliphatic carbocycles. The lowest BCUT2D eigenvalue weighted by atomic mass is 10.2. The Kier molecular flexibility index (Phi) is 5.38. The first-order valence-electron chi connectivity index (χ1n) is 6.42. The second-order valence-electron chi connectivity index (χ2n) is 4.47. The number of hydrogen-bond acceptors (Lipinski definition) is 4. The van der Waals surface area contributed by atoms with Crippen molar-refractivity contribution < 1.29 is 18.4 Å². The Morgan fingerprint density at radius 1 is 1.13 bits per heavy atom. The zero-order valence-electron chi connectivity index (χ0n) is 11.7. The standard InChI is InChI=1S/C15H13ClN2O4S/c16-13-6-1-2-7-14(13)18-23(21,22)12-5-3-4-11(10-12)8-9-15(19)17-20/h1-10,18,20H,(H,17,19). The van der Waals surface area contributed by atoms with Gasteiger partial charge in [-0.1, -0.05) is 35.9 Å². The Morgan fingerprint density at radius 3 is 2.57 bits per heavy atom. The molecule has 0 aliphatic heterocycles. The van der Waals surface area contributed by atoms with Gasteiger partial charge in [0.05, 0.1) is 15.6 Å². The van der Waals surface area contributed by atoms with Crippen LogP contribution in [0.4, 0.5) is 5.69 Å². The number of rotatable bonds is 5. The summed E-state index contributed by atoms with van der Waals surface area (Å²) in [5.74, 6) is -0.715. The van der Waals surface area contributed by atoms with Gasteiger partial charge in [-0.05, 0) is 35.9 Å². The molecular formula is C15H13ClN2O4S. The maximum atomic E-state index is 12.4. The molecular weight excluding hydrogens is 340 g/mol. The van der Waals surface area contributed by atoms with Crippen LogP contribution in [-0.4, -0.2) is 19.5 Å². The lowest BCUT2D eigenvalue weighted by molar-refractivity contribution is -0.124. The number of carbonyl (C=O) groups excluding carboxylic acids is 1. The van der Waals surface area contributed by atoms with Crippen LogP contribution in [0.3, 0.4) is 0 Å². The van der Waals surface area contributed by atoms with E-state index in [1.165, 1.54) is 29.8 Å². The third-order valence-electron chi connectivity index (χ3n) is 2.82. The van der Waals surface area contributed by atoms with E-state index in [1.807, 2.05) is 0 Å².